The van der Waals surface area contributed by atoms with E-state index in [1.54, 1.807) is 20.2 Å². The van der Waals surface area contributed by atoms with Crippen LogP contribution >= 0.6 is 0 Å². The summed E-state index contributed by atoms with van der Waals surface area (Å²) in [6.45, 7) is 6.54. The molecule has 24 heavy (non-hydrogen) atoms. The Morgan fingerprint density at radius 1 is 1.46 bits per heavy atom. The van der Waals surface area contributed by atoms with E-state index in [2.05, 4.69) is 20.5 Å². The first-order valence-corrected chi connectivity index (χ1v) is 7.73. The second kappa shape index (κ2) is 7.55. The van der Waals surface area contributed by atoms with Gasteiger partial charge in [-0.15, -0.1) is 10.2 Å². The number of carbonyl (C=O) groups excluding carboxylic acids is 1. The summed E-state index contributed by atoms with van der Waals surface area (Å²) in [5.74, 6) is 0.582. The average Bonchev–Trinajstić information content (AvgIpc) is 3.00. The van der Waals surface area contributed by atoms with Gasteiger partial charge >= 0.3 is 0 Å². The maximum atomic E-state index is 12.0. The minimum Gasteiger partial charge on any atom is -0.349 e. The van der Waals surface area contributed by atoms with E-state index in [4.69, 9.17) is 5.26 Å². The predicted octanol–water partition coefficient (Wildman–Crippen LogP) is 0.724. The van der Waals surface area contributed by atoms with Crippen molar-refractivity contribution < 1.29 is 4.79 Å². The van der Waals surface area contributed by atoms with Gasteiger partial charge in [0.05, 0.1) is 6.54 Å². The zero-order valence-electron chi connectivity index (χ0n) is 14.0. The number of nitrogens with zero attached hydrogens (tertiary/aromatic N) is 4. The maximum absolute atomic E-state index is 12.0. The number of hydrogen-bond donors (Lipinski definition) is 2. The van der Waals surface area contributed by atoms with E-state index in [1.807, 2.05) is 17.6 Å². The zero-order chi connectivity index (χ0) is 17.7. The lowest BCUT2D eigenvalue weighted by Gasteiger charge is -2.11. The molecule has 0 aromatic carbocycles. The molecular weight excluding hydrogens is 308 g/mol. The molecule has 0 bridgehead atoms. The van der Waals surface area contributed by atoms with E-state index in [0.717, 1.165) is 12.1 Å². The minimum absolute atomic E-state index is 0.104. The highest BCUT2D eigenvalue weighted by Crippen LogP contribution is 2.14. The molecule has 2 aromatic heterocycles. The molecule has 2 rings (SSSR count). The van der Waals surface area contributed by atoms with Gasteiger partial charge in [-0.3, -0.25) is 9.59 Å². The second-order valence-corrected chi connectivity index (χ2v) is 5.48. The van der Waals surface area contributed by atoms with Gasteiger partial charge in [0.25, 0.3) is 5.56 Å². The normalized spacial score (nSPS) is 10.4. The fourth-order valence-corrected chi connectivity index (χ4v) is 2.60. The lowest BCUT2D eigenvalue weighted by Crippen LogP contribution is -2.25. The molecule has 0 aliphatic carbocycles. The smallest absolute Gasteiger partial charge is 0.266 e. The molecule has 0 aliphatic heterocycles. The molecule has 0 aliphatic rings. The van der Waals surface area contributed by atoms with Crippen molar-refractivity contribution in [3.05, 3.63) is 44.9 Å². The molecule has 0 saturated carbocycles. The molecule has 0 radical (unpaired) electrons. The highest BCUT2D eigenvalue weighted by molar-refractivity contribution is 5.76. The van der Waals surface area contributed by atoms with Crippen molar-refractivity contribution in [2.45, 2.75) is 46.7 Å². The van der Waals surface area contributed by atoms with Crippen LogP contribution in [0.25, 0.3) is 0 Å². The Labute approximate surface area is 139 Å². The summed E-state index contributed by atoms with van der Waals surface area (Å²) in [5, 5.41) is 19.6. The molecule has 2 heterocycles. The number of rotatable bonds is 6. The van der Waals surface area contributed by atoms with Crippen LogP contribution in [0.4, 0.5) is 0 Å². The lowest BCUT2D eigenvalue weighted by atomic mass is 9.99. The molecule has 2 aromatic rings. The largest absolute Gasteiger partial charge is 0.349 e. The summed E-state index contributed by atoms with van der Waals surface area (Å²) in [6, 6.07) is 1.91. The third kappa shape index (κ3) is 3.68. The third-order valence-corrected chi connectivity index (χ3v) is 4.00. The fraction of sp³-hybridized carbons (Fsp3) is 0.438. The number of hydrogen-bond acceptors (Lipinski definition) is 5. The van der Waals surface area contributed by atoms with Crippen molar-refractivity contribution in [1.82, 2.24) is 25.1 Å². The number of H-pyrrole nitrogens is 1. The summed E-state index contributed by atoms with van der Waals surface area (Å²) in [5.41, 5.74) is 1.87. The van der Waals surface area contributed by atoms with E-state index in [9.17, 15) is 9.59 Å². The van der Waals surface area contributed by atoms with Crippen LogP contribution in [0.2, 0.25) is 0 Å². The van der Waals surface area contributed by atoms with E-state index in [0.29, 0.717) is 30.0 Å². The van der Waals surface area contributed by atoms with Crippen LogP contribution < -0.4 is 10.9 Å². The molecule has 0 atom stereocenters. The highest BCUT2D eigenvalue weighted by atomic mass is 16.1. The Morgan fingerprint density at radius 3 is 2.88 bits per heavy atom. The Balaban J connectivity index is 2.00. The first kappa shape index (κ1) is 17.4. The molecule has 0 unspecified atom stereocenters. The van der Waals surface area contributed by atoms with Crippen molar-refractivity contribution in [3.8, 4) is 6.07 Å². The Morgan fingerprint density at radius 2 is 2.21 bits per heavy atom. The molecule has 126 valence electrons. The highest BCUT2D eigenvalue weighted by Gasteiger charge is 2.13. The van der Waals surface area contributed by atoms with E-state index in [-0.39, 0.29) is 23.5 Å². The van der Waals surface area contributed by atoms with Gasteiger partial charge < -0.3 is 14.9 Å². The standard InChI is InChI=1S/C16H20N6O2/c1-4-22-9-19-21-14(22)8-18-15(23)6-5-12-10(2)13(7-17)16(24)20-11(12)3/h9H,4-6,8H2,1-3H3,(H,18,23)(H,20,24). The molecule has 0 fully saturated rings. The van der Waals surface area contributed by atoms with Crippen molar-refractivity contribution in [2.75, 3.05) is 0 Å². The van der Waals surface area contributed by atoms with Gasteiger partial charge in [-0.05, 0) is 38.3 Å². The number of carbonyl (C=O) groups is 1. The molecule has 2 N–H and O–H groups in total. The number of pyridine rings is 1. The molecular formula is C16H20N6O2. The third-order valence-electron chi connectivity index (χ3n) is 4.00. The van der Waals surface area contributed by atoms with Crippen LogP contribution in [0.1, 0.15) is 41.6 Å². The topological polar surface area (TPSA) is 116 Å². The molecule has 8 heteroatoms. The SMILES string of the molecule is CCn1cnnc1CNC(=O)CCc1c(C)[nH]c(=O)c(C#N)c1C. The summed E-state index contributed by atoms with van der Waals surface area (Å²) in [6.07, 6.45) is 2.34. The van der Waals surface area contributed by atoms with Crippen molar-refractivity contribution in [2.24, 2.45) is 0 Å². The number of nitrogens with one attached hydrogen (secondary N) is 2. The van der Waals surface area contributed by atoms with Gasteiger partial charge in [-0.2, -0.15) is 5.26 Å². The summed E-state index contributed by atoms with van der Waals surface area (Å²) < 4.78 is 1.86. The van der Waals surface area contributed by atoms with Gasteiger partial charge in [-0.25, -0.2) is 0 Å². The minimum atomic E-state index is -0.389. The van der Waals surface area contributed by atoms with Gasteiger partial charge in [-0.1, -0.05) is 0 Å². The number of amides is 1. The zero-order valence-corrected chi connectivity index (χ0v) is 14.0. The fourth-order valence-electron chi connectivity index (χ4n) is 2.60. The van der Waals surface area contributed by atoms with Crippen LogP contribution in [-0.4, -0.2) is 25.7 Å². The van der Waals surface area contributed by atoms with Crippen molar-refractivity contribution in [3.63, 3.8) is 0 Å². The van der Waals surface area contributed by atoms with E-state index >= 15 is 0 Å². The van der Waals surface area contributed by atoms with E-state index in [1.165, 1.54) is 0 Å². The second-order valence-electron chi connectivity index (χ2n) is 5.48. The maximum Gasteiger partial charge on any atom is 0.266 e. The first-order valence-electron chi connectivity index (χ1n) is 7.73. The van der Waals surface area contributed by atoms with Crippen LogP contribution in [-0.2, 0) is 24.3 Å². The van der Waals surface area contributed by atoms with Gasteiger partial charge in [0.15, 0.2) is 5.82 Å². The Kier molecular flexibility index (Phi) is 5.47. The number of aromatic nitrogens is 4. The van der Waals surface area contributed by atoms with Crippen molar-refractivity contribution in [1.29, 1.82) is 5.26 Å². The number of aryl methyl sites for hydroxylation is 2. The van der Waals surface area contributed by atoms with Gasteiger partial charge in [0.2, 0.25) is 5.91 Å². The quantitative estimate of drug-likeness (QED) is 0.810. The number of aromatic amines is 1. The Hall–Kier alpha value is -2.95. The summed E-state index contributed by atoms with van der Waals surface area (Å²) >= 11 is 0. The Bertz CT molecular complexity index is 843. The molecule has 1 amide bonds. The lowest BCUT2D eigenvalue weighted by molar-refractivity contribution is -0.121. The van der Waals surface area contributed by atoms with E-state index < -0.39 is 0 Å². The molecule has 0 saturated heterocycles. The van der Waals surface area contributed by atoms with Gasteiger partial charge in [0, 0.05) is 18.7 Å². The molecule has 0 spiro atoms. The number of nitriles is 1. The van der Waals surface area contributed by atoms with Crippen LogP contribution in [0.3, 0.4) is 0 Å². The van der Waals surface area contributed by atoms with Crippen molar-refractivity contribution >= 4 is 5.91 Å². The first-order chi connectivity index (χ1) is 11.5. The van der Waals surface area contributed by atoms with Crippen LogP contribution in [0.15, 0.2) is 11.1 Å². The van der Waals surface area contributed by atoms with Crippen LogP contribution in [0.5, 0.6) is 0 Å². The summed E-state index contributed by atoms with van der Waals surface area (Å²) in [7, 11) is 0. The summed E-state index contributed by atoms with van der Waals surface area (Å²) in [4.78, 5) is 26.4. The monoisotopic (exact) mass is 328 g/mol. The molecule has 8 nitrogen and oxygen atoms in total. The van der Waals surface area contributed by atoms with Crippen LogP contribution in [0, 0.1) is 25.2 Å². The van der Waals surface area contributed by atoms with Gasteiger partial charge in [0.1, 0.15) is 18.0 Å². The average molecular weight is 328 g/mol. The predicted molar refractivity (Wildman–Crippen MR) is 87.1 cm³/mol.